The van der Waals surface area contributed by atoms with E-state index in [1.54, 1.807) is 24.1 Å². The molecule has 2 N–H and O–H groups in total. The molecule has 0 bridgehead atoms. The molecule has 1 aromatic carbocycles. The van der Waals surface area contributed by atoms with Crippen molar-refractivity contribution >= 4 is 11.6 Å². The number of carbonyl (C=O) groups excluding carboxylic acids is 1. The molecule has 140 valence electrons. The molecule has 0 aliphatic carbocycles. The molecule has 1 aromatic heterocycles. The third-order valence-corrected chi connectivity index (χ3v) is 4.31. The van der Waals surface area contributed by atoms with Gasteiger partial charge in [-0.15, -0.1) is 0 Å². The average molecular weight is 362 g/mol. The van der Waals surface area contributed by atoms with Gasteiger partial charge in [0, 0.05) is 19.8 Å². The van der Waals surface area contributed by atoms with Crippen molar-refractivity contribution in [3.8, 4) is 5.75 Å². The zero-order chi connectivity index (χ0) is 18.6. The third-order valence-electron chi connectivity index (χ3n) is 4.31. The Hall–Kier alpha value is -2.45. The van der Waals surface area contributed by atoms with Crippen LogP contribution in [0.1, 0.15) is 12.8 Å². The van der Waals surface area contributed by atoms with Crippen molar-refractivity contribution < 1.29 is 19.0 Å². The second kappa shape index (κ2) is 7.84. The summed E-state index contributed by atoms with van der Waals surface area (Å²) in [7, 11) is 1.78. The van der Waals surface area contributed by atoms with E-state index in [4.69, 9.17) is 4.74 Å². The van der Waals surface area contributed by atoms with Gasteiger partial charge in [0.2, 0.25) is 5.91 Å². The number of likely N-dealkylation sites (tertiary alicyclic amines) is 1. The molecule has 2 aromatic rings. The van der Waals surface area contributed by atoms with E-state index in [0.29, 0.717) is 24.4 Å². The molecule has 1 saturated heterocycles. The van der Waals surface area contributed by atoms with Gasteiger partial charge >= 0.3 is 0 Å². The first-order valence-electron chi connectivity index (χ1n) is 8.53. The highest BCUT2D eigenvalue weighted by molar-refractivity contribution is 5.91. The summed E-state index contributed by atoms with van der Waals surface area (Å²) in [6.07, 6.45) is 4.67. The van der Waals surface area contributed by atoms with Gasteiger partial charge in [-0.2, -0.15) is 5.10 Å². The number of hydrogen-bond donors (Lipinski definition) is 2. The van der Waals surface area contributed by atoms with Crippen LogP contribution in [0.2, 0.25) is 0 Å². The van der Waals surface area contributed by atoms with Crippen LogP contribution in [0, 0.1) is 5.82 Å². The van der Waals surface area contributed by atoms with Crippen LogP contribution in [-0.4, -0.2) is 57.5 Å². The maximum atomic E-state index is 12.9. The van der Waals surface area contributed by atoms with Gasteiger partial charge in [-0.05, 0) is 43.7 Å². The van der Waals surface area contributed by atoms with Gasteiger partial charge in [0.25, 0.3) is 0 Å². The minimum atomic E-state index is -1.04. The molecule has 3 rings (SSSR count). The number of β-amino-alcohol motifs (C(OH)–C–C–N with tert-alkyl or cyclic N) is 1. The van der Waals surface area contributed by atoms with Crippen molar-refractivity contribution in [2.24, 2.45) is 7.05 Å². The molecule has 1 fully saturated rings. The molecule has 1 amide bonds. The fraction of sp³-hybridized carbons (Fsp3) is 0.444. The number of aryl methyl sites for hydroxylation is 1. The van der Waals surface area contributed by atoms with Gasteiger partial charge in [-0.25, -0.2) is 4.39 Å². The number of nitrogens with zero attached hydrogens (tertiary/aromatic N) is 3. The lowest BCUT2D eigenvalue weighted by atomic mass is 9.93. The Kier molecular flexibility index (Phi) is 5.53. The first-order chi connectivity index (χ1) is 12.4. The summed E-state index contributed by atoms with van der Waals surface area (Å²) in [5, 5.41) is 17.6. The number of amides is 1. The SMILES string of the molecule is Cn1cc(NC(=O)CN2CCCC(O)(COc3ccc(F)cc3)C2)cn1. The number of aromatic nitrogens is 2. The first-order valence-corrected chi connectivity index (χ1v) is 8.53. The summed E-state index contributed by atoms with van der Waals surface area (Å²) in [4.78, 5) is 14.1. The number of carbonyl (C=O) groups is 1. The predicted octanol–water partition coefficient (Wildman–Crippen LogP) is 1.40. The van der Waals surface area contributed by atoms with E-state index >= 15 is 0 Å². The molecular weight excluding hydrogens is 339 g/mol. The van der Waals surface area contributed by atoms with Crippen LogP contribution in [0.25, 0.3) is 0 Å². The van der Waals surface area contributed by atoms with Crippen molar-refractivity contribution in [3.05, 3.63) is 42.5 Å². The average Bonchev–Trinajstić information content (AvgIpc) is 2.99. The zero-order valence-electron chi connectivity index (χ0n) is 14.7. The van der Waals surface area contributed by atoms with Gasteiger partial charge < -0.3 is 15.2 Å². The molecule has 1 aliphatic rings. The number of anilines is 1. The zero-order valence-corrected chi connectivity index (χ0v) is 14.7. The van der Waals surface area contributed by atoms with E-state index in [1.165, 1.54) is 24.3 Å². The van der Waals surface area contributed by atoms with E-state index < -0.39 is 5.60 Å². The van der Waals surface area contributed by atoms with Crippen LogP contribution in [0.3, 0.4) is 0 Å². The van der Waals surface area contributed by atoms with Crippen molar-refractivity contribution in [1.82, 2.24) is 14.7 Å². The molecular formula is C18H23FN4O3. The van der Waals surface area contributed by atoms with Crippen LogP contribution >= 0.6 is 0 Å². The quantitative estimate of drug-likeness (QED) is 0.812. The molecule has 8 heteroatoms. The van der Waals surface area contributed by atoms with Crippen molar-refractivity contribution in [3.63, 3.8) is 0 Å². The molecule has 2 heterocycles. The number of aliphatic hydroxyl groups is 1. The predicted molar refractivity (Wildman–Crippen MR) is 94.4 cm³/mol. The van der Waals surface area contributed by atoms with Crippen LogP contribution in [-0.2, 0) is 11.8 Å². The largest absolute Gasteiger partial charge is 0.491 e. The number of piperidine rings is 1. The highest BCUT2D eigenvalue weighted by atomic mass is 19.1. The molecule has 7 nitrogen and oxygen atoms in total. The van der Waals surface area contributed by atoms with Gasteiger partial charge in [0.15, 0.2) is 0 Å². The van der Waals surface area contributed by atoms with Crippen molar-refractivity contribution in [2.45, 2.75) is 18.4 Å². The van der Waals surface area contributed by atoms with Crippen LogP contribution < -0.4 is 10.1 Å². The van der Waals surface area contributed by atoms with Crippen LogP contribution in [0.4, 0.5) is 10.1 Å². The second-order valence-electron chi connectivity index (χ2n) is 6.73. The minimum absolute atomic E-state index is 0.0966. The smallest absolute Gasteiger partial charge is 0.238 e. The topological polar surface area (TPSA) is 79.6 Å². The van der Waals surface area contributed by atoms with E-state index in [9.17, 15) is 14.3 Å². The fourth-order valence-electron chi connectivity index (χ4n) is 3.10. The summed E-state index contributed by atoms with van der Waals surface area (Å²) in [5.74, 6) is 0.0208. The molecule has 1 unspecified atom stereocenters. The Balaban J connectivity index is 1.50. The lowest BCUT2D eigenvalue weighted by Gasteiger charge is -2.38. The van der Waals surface area contributed by atoms with Crippen LogP contribution in [0.15, 0.2) is 36.7 Å². The van der Waals surface area contributed by atoms with Crippen LogP contribution in [0.5, 0.6) is 5.75 Å². The minimum Gasteiger partial charge on any atom is -0.491 e. The Labute approximate surface area is 151 Å². The number of hydrogen-bond acceptors (Lipinski definition) is 5. The van der Waals surface area contributed by atoms with Gasteiger partial charge in [-0.1, -0.05) is 0 Å². The van der Waals surface area contributed by atoms with Gasteiger partial charge in [-0.3, -0.25) is 14.4 Å². The number of ether oxygens (including phenoxy) is 1. The van der Waals surface area contributed by atoms with E-state index in [-0.39, 0.29) is 24.9 Å². The summed E-state index contributed by atoms with van der Waals surface area (Å²) in [6.45, 7) is 1.36. The van der Waals surface area contributed by atoms with Gasteiger partial charge in [0.1, 0.15) is 23.8 Å². The molecule has 1 atom stereocenters. The van der Waals surface area contributed by atoms with Crippen molar-refractivity contribution in [2.75, 3.05) is 31.6 Å². The summed E-state index contributed by atoms with van der Waals surface area (Å²) < 4.78 is 20.1. The van der Waals surface area contributed by atoms with E-state index in [1.807, 2.05) is 4.90 Å². The highest BCUT2D eigenvalue weighted by Gasteiger charge is 2.34. The Bertz CT molecular complexity index is 749. The molecule has 26 heavy (non-hydrogen) atoms. The fourth-order valence-corrected chi connectivity index (χ4v) is 3.10. The third kappa shape index (κ3) is 5.03. The first kappa shape index (κ1) is 18.3. The number of rotatable bonds is 6. The summed E-state index contributed by atoms with van der Waals surface area (Å²) >= 11 is 0. The summed E-state index contributed by atoms with van der Waals surface area (Å²) in [6, 6.07) is 5.69. The maximum absolute atomic E-state index is 12.9. The molecule has 0 saturated carbocycles. The lowest BCUT2D eigenvalue weighted by molar-refractivity contribution is -0.119. The number of halogens is 1. The number of nitrogens with one attached hydrogen (secondary N) is 1. The van der Waals surface area contributed by atoms with Crippen molar-refractivity contribution in [1.29, 1.82) is 0 Å². The maximum Gasteiger partial charge on any atom is 0.238 e. The van der Waals surface area contributed by atoms with Gasteiger partial charge in [0.05, 0.1) is 18.4 Å². The second-order valence-corrected chi connectivity index (χ2v) is 6.73. The Morgan fingerprint density at radius 1 is 1.42 bits per heavy atom. The molecule has 1 aliphatic heterocycles. The van der Waals surface area contributed by atoms with E-state index in [0.717, 1.165) is 13.0 Å². The highest BCUT2D eigenvalue weighted by Crippen LogP contribution is 2.23. The molecule has 0 radical (unpaired) electrons. The normalized spacial score (nSPS) is 20.7. The Morgan fingerprint density at radius 3 is 2.88 bits per heavy atom. The Morgan fingerprint density at radius 2 is 2.19 bits per heavy atom. The molecule has 0 spiro atoms. The standard InChI is InChI=1S/C18H23FN4O3/c1-22-10-15(9-20-22)21-17(24)11-23-8-2-7-18(25,12-23)13-26-16-5-3-14(19)4-6-16/h3-6,9-10,25H,2,7-8,11-13H2,1H3,(H,21,24). The summed E-state index contributed by atoms with van der Waals surface area (Å²) in [5.41, 5.74) is -0.397. The monoisotopic (exact) mass is 362 g/mol. The number of benzene rings is 1. The van der Waals surface area contributed by atoms with E-state index in [2.05, 4.69) is 10.4 Å². The lowest BCUT2D eigenvalue weighted by Crippen LogP contribution is -2.53.